The van der Waals surface area contributed by atoms with Crippen LogP contribution in [0.1, 0.15) is 13.8 Å². The zero-order chi connectivity index (χ0) is 9.72. The first-order valence-electron chi connectivity index (χ1n) is 3.88. The minimum absolute atomic E-state index is 0.0203. The summed E-state index contributed by atoms with van der Waals surface area (Å²) < 4.78 is 0. The van der Waals surface area contributed by atoms with E-state index in [4.69, 9.17) is 0 Å². The molecule has 2 amide bonds. The molecular formula is C8H16N2O2. The van der Waals surface area contributed by atoms with Gasteiger partial charge in [0.15, 0.2) is 0 Å². The van der Waals surface area contributed by atoms with Crippen molar-refractivity contribution in [2.75, 3.05) is 27.2 Å². The number of carbonyl (C=O) groups is 2. The fraction of sp³-hybridized carbons (Fsp3) is 0.750. The molecule has 0 rings (SSSR count). The first-order chi connectivity index (χ1) is 5.45. The number of amides is 2. The molecule has 0 unspecified atom stereocenters. The van der Waals surface area contributed by atoms with Gasteiger partial charge in [0.2, 0.25) is 11.8 Å². The van der Waals surface area contributed by atoms with Crippen LogP contribution in [0.25, 0.3) is 0 Å². The van der Waals surface area contributed by atoms with E-state index in [-0.39, 0.29) is 11.8 Å². The van der Waals surface area contributed by atoms with Crippen LogP contribution in [0.5, 0.6) is 0 Å². The average molecular weight is 172 g/mol. The lowest BCUT2D eigenvalue weighted by Crippen LogP contribution is -2.35. The summed E-state index contributed by atoms with van der Waals surface area (Å²) in [4.78, 5) is 24.7. The lowest BCUT2D eigenvalue weighted by atomic mass is 10.4. The molecule has 0 aliphatic heterocycles. The Hall–Kier alpha value is -1.06. The molecule has 0 heterocycles. The Morgan fingerprint density at radius 1 is 0.917 bits per heavy atom. The van der Waals surface area contributed by atoms with Gasteiger partial charge in [-0.2, -0.15) is 0 Å². The molecule has 4 nitrogen and oxygen atoms in total. The van der Waals surface area contributed by atoms with Crippen molar-refractivity contribution in [3.05, 3.63) is 0 Å². The van der Waals surface area contributed by atoms with Crippen LogP contribution in [0, 0.1) is 0 Å². The molecule has 0 saturated carbocycles. The standard InChI is InChI=1S/C8H16N2O2/c1-7(11)9(3)5-6-10(4)8(2)12/h5-6H2,1-4H3. The predicted octanol–water partition coefficient (Wildman–Crippen LogP) is -0.0570. The molecular weight excluding hydrogens is 156 g/mol. The van der Waals surface area contributed by atoms with E-state index >= 15 is 0 Å². The highest BCUT2D eigenvalue weighted by Crippen LogP contribution is 1.87. The molecule has 0 fully saturated rings. The molecule has 0 atom stereocenters. The van der Waals surface area contributed by atoms with Gasteiger partial charge in [0.1, 0.15) is 0 Å². The van der Waals surface area contributed by atoms with Crippen molar-refractivity contribution in [1.82, 2.24) is 9.80 Å². The van der Waals surface area contributed by atoms with Crippen LogP contribution in [0.15, 0.2) is 0 Å². The highest BCUT2D eigenvalue weighted by Gasteiger charge is 2.05. The van der Waals surface area contributed by atoms with E-state index in [0.717, 1.165) is 0 Å². The average Bonchev–Trinajstić information content (AvgIpc) is 1.98. The third-order valence-electron chi connectivity index (χ3n) is 1.85. The van der Waals surface area contributed by atoms with Crippen molar-refractivity contribution in [2.45, 2.75) is 13.8 Å². The van der Waals surface area contributed by atoms with Gasteiger partial charge in [0, 0.05) is 41.0 Å². The monoisotopic (exact) mass is 172 g/mol. The smallest absolute Gasteiger partial charge is 0.219 e. The Morgan fingerprint density at radius 3 is 1.33 bits per heavy atom. The Labute approximate surface area is 73.1 Å². The summed E-state index contributed by atoms with van der Waals surface area (Å²) in [5.74, 6) is 0.0407. The van der Waals surface area contributed by atoms with Crippen molar-refractivity contribution >= 4 is 11.8 Å². The van der Waals surface area contributed by atoms with Crippen LogP contribution in [0.2, 0.25) is 0 Å². The van der Waals surface area contributed by atoms with Gasteiger partial charge in [-0.3, -0.25) is 9.59 Å². The third-order valence-corrected chi connectivity index (χ3v) is 1.85. The summed E-state index contributed by atoms with van der Waals surface area (Å²) in [5, 5.41) is 0. The van der Waals surface area contributed by atoms with E-state index in [1.54, 1.807) is 23.9 Å². The van der Waals surface area contributed by atoms with Crippen LogP contribution in [-0.4, -0.2) is 48.8 Å². The first kappa shape index (κ1) is 10.9. The molecule has 0 saturated heterocycles. The molecule has 0 bridgehead atoms. The highest BCUT2D eigenvalue weighted by molar-refractivity contribution is 5.74. The fourth-order valence-corrected chi connectivity index (χ4v) is 0.615. The summed E-state index contributed by atoms with van der Waals surface area (Å²) in [5.41, 5.74) is 0. The van der Waals surface area contributed by atoms with Gasteiger partial charge >= 0.3 is 0 Å². The zero-order valence-electron chi connectivity index (χ0n) is 8.13. The van der Waals surface area contributed by atoms with Crippen LogP contribution < -0.4 is 0 Å². The van der Waals surface area contributed by atoms with Gasteiger partial charge in [0.05, 0.1) is 0 Å². The van der Waals surface area contributed by atoms with Crippen molar-refractivity contribution in [1.29, 1.82) is 0 Å². The Kier molecular flexibility index (Phi) is 4.33. The molecule has 0 N–H and O–H groups in total. The van der Waals surface area contributed by atoms with Gasteiger partial charge in [0.25, 0.3) is 0 Å². The number of hydrogen-bond acceptors (Lipinski definition) is 2. The fourth-order valence-electron chi connectivity index (χ4n) is 0.615. The first-order valence-corrected chi connectivity index (χ1v) is 3.88. The molecule has 12 heavy (non-hydrogen) atoms. The Balaban J connectivity index is 3.68. The molecule has 0 aromatic rings. The quantitative estimate of drug-likeness (QED) is 0.598. The maximum absolute atomic E-state index is 10.7. The van der Waals surface area contributed by atoms with Crippen molar-refractivity contribution in [3.63, 3.8) is 0 Å². The van der Waals surface area contributed by atoms with Crippen LogP contribution >= 0.6 is 0 Å². The SMILES string of the molecule is CC(=O)N(C)CCN(C)C(C)=O. The molecule has 0 aromatic carbocycles. The van der Waals surface area contributed by atoms with Crippen LogP contribution in [-0.2, 0) is 9.59 Å². The maximum atomic E-state index is 10.7. The lowest BCUT2D eigenvalue weighted by Gasteiger charge is -2.19. The maximum Gasteiger partial charge on any atom is 0.219 e. The van der Waals surface area contributed by atoms with Crippen molar-refractivity contribution in [2.24, 2.45) is 0 Å². The summed E-state index contributed by atoms with van der Waals surface area (Å²) in [7, 11) is 3.44. The normalized spacial score (nSPS) is 9.33. The van der Waals surface area contributed by atoms with E-state index in [0.29, 0.717) is 13.1 Å². The molecule has 0 aliphatic rings. The summed E-state index contributed by atoms with van der Waals surface area (Å²) in [6.07, 6.45) is 0. The molecule has 0 aromatic heterocycles. The number of nitrogens with zero attached hydrogens (tertiary/aromatic N) is 2. The zero-order valence-corrected chi connectivity index (χ0v) is 8.13. The molecule has 70 valence electrons. The Bertz CT molecular complexity index is 160. The number of carbonyl (C=O) groups excluding carboxylic acids is 2. The third kappa shape index (κ3) is 3.95. The topological polar surface area (TPSA) is 40.6 Å². The lowest BCUT2D eigenvalue weighted by molar-refractivity contribution is -0.131. The van der Waals surface area contributed by atoms with Gasteiger partial charge < -0.3 is 9.80 Å². The number of rotatable bonds is 3. The predicted molar refractivity (Wildman–Crippen MR) is 46.6 cm³/mol. The van der Waals surface area contributed by atoms with Crippen LogP contribution in [0.3, 0.4) is 0 Å². The van der Waals surface area contributed by atoms with Crippen LogP contribution in [0.4, 0.5) is 0 Å². The second-order valence-electron chi connectivity index (χ2n) is 2.88. The molecule has 4 heteroatoms. The van der Waals surface area contributed by atoms with E-state index in [1.165, 1.54) is 13.8 Å². The second-order valence-corrected chi connectivity index (χ2v) is 2.88. The molecule has 0 radical (unpaired) electrons. The minimum atomic E-state index is 0.0203. The molecule has 0 spiro atoms. The van der Waals surface area contributed by atoms with Gasteiger partial charge in [-0.05, 0) is 0 Å². The summed E-state index contributed by atoms with van der Waals surface area (Å²) in [6, 6.07) is 0. The Morgan fingerprint density at radius 2 is 1.17 bits per heavy atom. The van der Waals surface area contributed by atoms with Crippen molar-refractivity contribution < 1.29 is 9.59 Å². The van der Waals surface area contributed by atoms with E-state index in [1.807, 2.05) is 0 Å². The summed E-state index contributed by atoms with van der Waals surface area (Å²) in [6.45, 7) is 4.19. The van der Waals surface area contributed by atoms with E-state index in [9.17, 15) is 9.59 Å². The minimum Gasteiger partial charge on any atom is -0.344 e. The summed E-state index contributed by atoms with van der Waals surface area (Å²) >= 11 is 0. The van der Waals surface area contributed by atoms with E-state index in [2.05, 4.69) is 0 Å². The largest absolute Gasteiger partial charge is 0.344 e. The number of hydrogen-bond donors (Lipinski definition) is 0. The molecule has 0 aliphatic carbocycles. The number of likely N-dealkylation sites (N-methyl/N-ethyl adjacent to an activating group) is 2. The van der Waals surface area contributed by atoms with Gasteiger partial charge in [-0.15, -0.1) is 0 Å². The van der Waals surface area contributed by atoms with Crippen molar-refractivity contribution in [3.8, 4) is 0 Å². The second kappa shape index (κ2) is 4.74. The van der Waals surface area contributed by atoms with Gasteiger partial charge in [-0.1, -0.05) is 0 Å². The highest BCUT2D eigenvalue weighted by atomic mass is 16.2. The van der Waals surface area contributed by atoms with E-state index < -0.39 is 0 Å². The van der Waals surface area contributed by atoms with Gasteiger partial charge in [-0.25, -0.2) is 0 Å².